The van der Waals surface area contributed by atoms with Crippen molar-refractivity contribution in [2.45, 2.75) is 39.2 Å². The Bertz CT molecular complexity index is 446. The number of rotatable bonds is 2. The first-order valence-corrected chi connectivity index (χ1v) is 6.87. The molecule has 17 heavy (non-hydrogen) atoms. The van der Waals surface area contributed by atoms with E-state index in [0.29, 0.717) is 16.4 Å². The smallest absolute Gasteiger partial charge is 0.280 e. The second-order valence-electron chi connectivity index (χ2n) is 5.07. The number of hydrogen-bond donors (Lipinski definition) is 2. The first-order valence-electron chi connectivity index (χ1n) is 6.07. The second-order valence-corrected chi connectivity index (χ2v) is 5.87. The third kappa shape index (κ3) is 2.89. The summed E-state index contributed by atoms with van der Waals surface area (Å²) in [6, 6.07) is 0.436. The highest BCUT2D eigenvalue weighted by Gasteiger charge is 2.25. The minimum Gasteiger partial charge on any atom is -0.380 e. The molecule has 1 fully saturated rings. The van der Waals surface area contributed by atoms with Crippen molar-refractivity contribution in [1.29, 1.82) is 0 Å². The lowest BCUT2D eigenvalue weighted by atomic mass is 9.80. The van der Waals surface area contributed by atoms with Gasteiger partial charge in [-0.2, -0.15) is 5.10 Å². The first kappa shape index (κ1) is 12.6. The molecule has 0 spiro atoms. The van der Waals surface area contributed by atoms with Crippen molar-refractivity contribution in [1.82, 2.24) is 10.2 Å². The van der Waals surface area contributed by atoms with Gasteiger partial charge in [-0.3, -0.25) is 4.79 Å². The molecule has 94 valence electrons. The molecular weight excluding hydrogens is 282 g/mol. The van der Waals surface area contributed by atoms with E-state index in [4.69, 9.17) is 0 Å². The molecule has 1 saturated carbocycles. The highest BCUT2D eigenvalue weighted by atomic mass is 79.9. The molecule has 2 N–H and O–H groups in total. The summed E-state index contributed by atoms with van der Waals surface area (Å²) in [6.45, 7) is 4.57. The van der Waals surface area contributed by atoms with Crippen LogP contribution in [0.4, 0.5) is 5.69 Å². The Labute approximate surface area is 109 Å². The quantitative estimate of drug-likeness (QED) is 0.883. The van der Waals surface area contributed by atoms with Crippen LogP contribution in [0.3, 0.4) is 0 Å². The molecule has 0 aliphatic heterocycles. The van der Waals surface area contributed by atoms with Crippen LogP contribution in [0.5, 0.6) is 0 Å². The average Bonchev–Trinajstić information content (AvgIpc) is 2.28. The Morgan fingerprint density at radius 3 is 2.94 bits per heavy atom. The van der Waals surface area contributed by atoms with Crippen molar-refractivity contribution >= 4 is 21.6 Å². The summed E-state index contributed by atoms with van der Waals surface area (Å²) in [6.07, 6.45) is 5.31. The third-order valence-electron chi connectivity index (χ3n) is 3.57. The number of halogens is 1. The van der Waals surface area contributed by atoms with Crippen molar-refractivity contribution in [3.63, 3.8) is 0 Å². The summed E-state index contributed by atoms with van der Waals surface area (Å²) in [5.41, 5.74) is 0.604. The van der Waals surface area contributed by atoms with Gasteiger partial charge >= 0.3 is 0 Å². The molecule has 1 aliphatic carbocycles. The minimum absolute atomic E-state index is 0.188. The largest absolute Gasteiger partial charge is 0.380 e. The van der Waals surface area contributed by atoms with Crippen LogP contribution >= 0.6 is 15.9 Å². The van der Waals surface area contributed by atoms with Gasteiger partial charge in [0.25, 0.3) is 5.56 Å². The Kier molecular flexibility index (Phi) is 3.86. The molecule has 5 heteroatoms. The molecule has 2 rings (SSSR count). The zero-order chi connectivity index (χ0) is 12.4. The molecule has 4 nitrogen and oxygen atoms in total. The summed E-state index contributed by atoms with van der Waals surface area (Å²) in [4.78, 5) is 11.4. The molecular formula is C12H18BrN3O. The van der Waals surface area contributed by atoms with Crippen molar-refractivity contribution in [3.05, 3.63) is 21.0 Å². The molecule has 3 atom stereocenters. The van der Waals surface area contributed by atoms with Crippen LogP contribution < -0.4 is 10.9 Å². The summed E-state index contributed by atoms with van der Waals surface area (Å²) >= 11 is 3.29. The minimum atomic E-state index is -0.188. The number of anilines is 1. The first-order chi connectivity index (χ1) is 8.08. The molecule has 0 radical (unpaired) electrons. The number of aromatic amines is 1. The Balaban J connectivity index is 2.10. The lowest BCUT2D eigenvalue weighted by Gasteiger charge is -2.33. The lowest BCUT2D eigenvalue weighted by molar-refractivity contribution is 0.276. The fraction of sp³-hybridized carbons (Fsp3) is 0.667. The van der Waals surface area contributed by atoms with Gasteiger partial charge in [0.15, 0.2) is 0 Å². The second kappa shape index (κ2) is 5.21. The lowest BCUT2D eigenvalue weighted by Crippen LogP contribution is -2.33. The van der Waals surface area contributed by atoms with Crippen LogP contribution in [0.2, 0.25) is 0 Å². The summed E-state index contributed by atoms with van der Waals surface area (Å²) in [5, 5.41) is 9.65. The van der Waals surface area contributed by atoms with Crippen LogP contribution in [0.25, 0.3) is 0 Å². The van der Waals surface area contributed by atoms with Gasteiger partial charge in [-0.1, -0.05) is 13.8 Å². The van der Waals surface area contributed by atoms with Gasteiger partial charge in [0.05, 0.1) is 11.9 Å². The predicted octanol–water partition coefficient (Wildman–Crippen LogP) is 2.77. The highest BCUT2D eigenvalue weighted by molar-refractivity contribution is 9.10. The van der Waals surface area contributed by atoms with Gasteiger partial charge in [-0.05, 0) is 47.0 Å². The Morgan fingerprint density at radius 2 is 2.24 bits per heavy atom. The standard InChI is InChI=1S/C12H18BrN3O/c1-7-3-4-9(8(2)5-7)15-10-6-14-16-12(17)11(10)13/h6-9H,3-5H2,1-2H3,(H2,15,16,17). The molecule has 3 unspecified atom stereocenters. The molecule has 0 bridgehead atoms. The van der Waals surface area contributed by atoms with Gasteiger partial charge < -0.3 is 5.32 Å². The molecule has 1 aliphatic rings. The summed E-state index contributed by atoms with van der Waals surface area (Å²) in [5.74, 6) is 1.44. The van der Waals surface area contributed by atoms with Crippen molar-refractivity contribution in [2.75, 3.05) is 5.32 Å². The van der Waals surface area contributed by atoms with E-state index in [1.165, 1.54) is 12.8 Å². The fourth-order valence-electron chi connectivity index (χ4n) is 2.56. The summed E-state index contributed by atoms with van der Waals surface area (Å²) in [7, 11) is 0. The Morgan fingerprint density at radius 1 is 1.47 bits per heavy atom. The third-order valence-corrected chi connectivity index (χ3v) is 4.36. The summed E-state index contributed by atoms with van der Waals surface area (Å²) < 4.78 is 0.540. The maximum absolute atomic E-state index is 11.4. The topological polar surface area (TPSA) is 57.8 Å². The molecule has 1 heterocycles. The van der Waals surface area contributed by atoms with Gasteiger partial charge in [-0.15, -0.1) is 0 Å². The number of hydrogen-bond acceptors (Lipinski definition) is 3. The van der Waals surface area contributed by atoms with E-state index in [1.54, 1.807) is 6.20 Å². The van der Waals surface area contributed by atoms with Crippen molar-refractivity contribution in [3.8, 4) is 0 Å². The Hall–Kier alpha value is -0.840. The van der Waals surface area contributed by atoms with E-state index in [9.17, 15) is 4.79 Å². The van der Waals surface area contributed by atoms with Gasteiger partial charge in [0.1, 0.15) is 4.47 Å². The van der Waals surface area contributed by atoms with Gasteiger partial charge in [0, 0.05) is 6.04 Å². The SMILES string of the molecule is CC1CCC(Nc2cn[nH]c(=O)c2Br)C(C)C1. The number of H-pyrrole nitrogens is 1. The van der Waals surface area contributed by atoms with Crippen LogP contribution in [-0.2, 0) is 0 Å². The zero-order valence-corrected chi connectivity index (χ0v) is 11.8. The average molecular weight is 300 g/mol. The highest BCUT2D eigenvalue weighted by Crippen LogP contribution is 2.31. The van der Waals surface area contributed by atoms with Gasteiger partial charge in [0.2, 0.25) is 0 Å². The van der Waals surface area contributed by atoms with Crippen molar-refractivity contribution in [2.24, 2.45) is 11.8 Å². The normalized spacial score (nSPS) is 29.0. The van der Waals surface area contributed by atoms with E-state index in [-0.39, 0.29) is 5.56 Å². The number of nitrogens with one attached hydrogen (secondary N) is 2. The molecule has 1 aromatic heterocycles. The predicted molar refractivity (Wildman–Crippen MR) is 72.1 cm³/mol. The molecule has 0 amide bonds. The van der Waals surface area contributed by atoms with Gasteiger partial charge in [-0.25, -0.2) is 5.10 Å². The van der Waals surface area contributed by atoms with E-state index >= 15 is 0 Å². The number of aromatic nitrogens is 2. The number of nitrogens with zero attached hydrogens (tertiary/aromatic N) is 1. The monoisotopic (exact) mass is 299 g/mol. The maximum atomic E-state index is 11.4. The van der Waals surface area contributed by atoms with Crippen LogP contribution in [-0.4, -0.2) is 16.2 Å². The van der Waals surface area contributed by atoms with E-state index in [2.05, 4.69) is 45.3 Å². The fourth-order valence-corrected chi connectivity index (χ4v) is 2.87. The van der Waals surface area contributed by atoms with E-state index in [0.717, 1.165) is 18.0 Å². The van der Waals surface area contributed by atoms with Crippen LogP contribution in [0.15, 0.2) is 15.5 Å². The molecule has 0 saturated heterocycles. The molecule has 0 aromatic carbocycles. The van der Waals surface area contributed by atoms with Crippen molar-refractivity contribution < 1.29 is 0 Å². The van der Waals surface area contributed by atoms with E-state index < -0.39 is 0 Å². The van der Waals surface area contributed by atoms with E-state index in [1.807, 2.05) is 0 Å². The van der Waals surface area contributed by atoms with Crippen LogP contribution in [0, 0.1) is 11.8 Å². The maximum Gasteiger partial charge on any atom is 0.280 e. The zero-order valence-electron chi connectivity index (χ0n) is 10.2. The molecule has 1 aromatic rings. The van der Waals surface area contributed by atoms with Crippen LogP contribution in [0.1, 0.15) is 33.1 Å².